The zero-order valence-electron chi connectivity index (χ0n) is 10.2. The first kappa shape index (κ1) is 14.7. The van der Waals surface area contributed by atoms with Gasteiger partial charge in [-0.2, -0.15) is 0 Å². The average Bonchev–Trinajstić information content (AvgIpc) is 2.79. The Morgan fingerprint density at radius 2 is 2.20 bits per heavy atom. The maximum absolute atomic E-state index is 13.4. The van der Waals surface area contributed by atoms with Crippen LogP contribution in [0.4, 0.5) is 4.39 Å². The highest BCUT2D eigenvalue weighted by atomic mass is 79.9. The van der Waals surface area contributed by atoms with E-state index < -0.39 is 11.8 Å². The number of ether oxygens (including phenoxy) is 1. The molecule has 0 aliphatic rings. The van der Waals surface area contributed by atoms with Gasteiger partial charge in [0.15, 0.2) is 0 Å². The monoisotopic (exact) mass is 356 g/mol. The Balaban J connectivity index is 2.09. The molecule has 0 aliphatic carbocycles. The summed E-state index contributed by atoms with van der Waals surface area (Å²) >= 11 is 4.89. The zero-order valence-corrected chi connectivity index (χ0v) is 12.6. The van der Waals surface area contributed by atoms with Crippen LogP contribution in [-0.4, -0.2) is 11.1 Å². The molecule has 1 aromatic carbocycles. The third-order valence-electron chi connectivity index (χ3n) is 2.32. The van der Waals surface area contributed by atoms with Crippen LogP contribution in [0.2, 0.25) is 0 Å². The van der Waals surface area contributed by atoms with Crippen LogP contribution in [0.15, 0.2) is 40.2 Å². The fraction of sp³-hybridized carbons (Fsp3) is 0.0714. The molecule has 104 valence electrons. The summed E-state index contributed by atoms with van der Waals surface area (Å²) in [5, 5.41) is 8.55. The Labute approximate surface area is 127 Å². The smallest absolute Gasteiger partial charge is 0.328 e. The molecule has 0 spiro atoms. The normalized spacial score (nSPS) is 10.9. The summed E-state index contributed by atoms with van der Waals surface area (Å²) in [7, 11) is 0. The summed E-state index contributed by atoms with van der Waals surface area (Å²) in [6, 6.07) is 7.93. The minimum absolute atomic E-state index is 0.335. The van der Waals surface area contributed by atoms with Crippen molar-refractivity contribution in [3.63, 3.8) is 0 Å². The van der Waals surface area contributed by atoms with Crippen molar-refractivity contribution in [2.45, 2.75) is 6.61 Å². The van der Waals surface area contributed by atoms with Crippen LogP contribution in [-0.2, 0) is 11.4 Å². The van der Waals surface area contributed by atoms with Gasteiger partial charge >= 0.3 is 5.97 Å². The van der Waals surface area contributed by atoms with Crippen LogP contribution in [0.1, 0.15) is 10.4 Å². The highest BCUT2D eigenvalue weighted by molar-refractivity contribution is 9.11. The Bertz CT molecular complexity index is 652. The van der Waals surface area contributed by atoms with E-state index in [1.54, 1.807) is 6.07 Å². The largest absolute Gasteiger partial charge is 0.488 e. The van der Waals surface area contributed by atoms with E-state index in [2.05, 4.69) is 15.9 Å². The van der Waals surface area contributed by atoms with Gasteiger partial charge in [0.1, 0.15) is 18.2 Å². The van der Waals surface area contributed by atoms with Gasteiger partial charge in [-0.15, -0.1) is 11.3 Å². The van der Waals surface area contributed by atoms with E-state index in [0.717, 1.165) is 14.7 Å². The SMILES string of the molecule is O=C(O)/C=C/c1cc(F)cc(OCc2ccc(Br)s2)c1. The van der Waals surface area contributed by atoms with Crippen LogP contribution in [0, 0.1) is 5.82 Å². The third kappa shape index (κ3) is 4.47. The van der Waals surface area contributed by atoms with E-state index in [1.165, 1.54) is 29.5 Å². The number of hydrogen-bond acceptors (Lipinski definition) is 3. The van der Waals surface area contributed by atoms with Crippen molar-refractivity contribution >= 4 is 39.3 Å². The summed E-state index contributed by atoms with van der Waals surface area (Å²) in [5.74, 6) is -1.19. The molecule has 0 amide bonds. The molecule has 0 radical (unpaired) electrons. The van der Waals surface area contributed by atoms with E-state index in [9.17, 15) is 9.18 Å². The summed E-state index contributed by atoms with van der Waals surface area (Å²) in [6.07, 6.45) is 2.27. The molecule has 0 fully saturated rings. The molecule has 1 heterocycles. The molecule has 1 aromatic heterocycles. The Hall–Kier alpha value is -1.66. The van der Waals surface area contributed by atoms with Crippen molar-refractivity contribution < 1.29 is 19.0 Å². The molecule has 0 unspecified atom stereocenters. The minimum Gasteiger partial charge on any atom is -0.488 e. The first-order valence-corrected chi connectivity index (χ1v) is 7.22. The Morgan fingerprint density at radius 3 is 2.85 bits per heavy atom. The van der Waals surface area contributed by atoms with Crippen LogP contribution in [0.5, 0.6) is 5.75 Å². The fourth-order valence-electron chi connectivity index (χ4n) is 1.52. The second-order valence-electron chi connectivity index (χ2n) is 3.89. The first-order chi connectivity index (χ1) is 9.52. The maximum Gasteiger partial charge on any atom is 0.328 e. The van der Waals surface area contributed by atoms with E-state index in [4.69, 9.17) is 9.84 Å². The van der Waals surface area contributed by atoms with Gasteiger partial charge in [-0.3, -0.25) is 0 Å². The molecule has 0 aliphatic heterocycles. The van der Waals surface area contributed by atoms with E-state index in [0.29, 0.717) is 17.9 Å². The van der Waals surface area contributed by atoms with Gasteiger partial charge in [-0.25, -0.2) is 9.18 Å². The summed E-state index contributed by atoms with van der Waals surface area (Å²) in [5.41, 5.74) is 0.440. The van der Waals surface area contributed by atoms with Gasteiger partial charge in [0, 0.05) is 17.0 Å². The van der Waals surface area contributed by atoms with Gasteiger partial charge in [0.05, 0.1) is 3.79 Å². The van der Waals surface area contributed by atoms with Gasteiger partial charge in [0.2, 0.25) is 0 Å². The summed E-state index contributed by atoms with van der Waals surface area (Å²) in [6.45, 7) is 0.335. The molecular weight excluding hydrogens is 347 g/mol. The number of hydrogen-bond donors (Lipinski definition) is 1. The zero-order chi connectivity index (χ0) is 14.5. The standard InChI is InChI=1S/C14H10BrFO3S/c15-13-3-2-12(20-13)8-19-11-6-9(1-4-14(17)18)5-10(16)7-11/h1-7H,8H2,(H,17,18)/b4-1+. The van der Waals surface area contributed by atoms with Gasteiger partial charge in [-0.05, 0) is 51.8 Å². The van der Waals surface area contributed by atoms with Crippen molar-refractivity contribution in [3.8, 4) is 5.75 Å². The van der Waals surface area contributed by atoms with Crippen LogP contribution < -0.4 is 4.74 Å². The van der Waals surface area contributed by atoms with Crippen molar-refractivity contribution in [3.05, 3.63) is 56.5 Å². The lowest BCUT2D eigenvalue weighted by atomic mass is 10.2. The number of aliphatic carboxylic acids is 1. The average molecular weight is 357 g/mol. The number of benzene rings is 1. The molecule has 2 rings (SSSR count). The van der Waals surface area contributed by atoms with Crippen LogP contribution in [0.3, 0.4) is 0 Å². The molecular formula is C14H10BrFO3S. The quantitative estimate of drug-likeness (QED) is 0.811. The van der Waals surface area contributed by atoms with Crippen LogP contribution >= 0.6 is 27.3 Å². The lowest BCUT2D eigenvalue weighted by Crippen LogP contribution is -1.94. The lowest BCUT2D eigenvalue weighted by molar-refractivity contribution is -0.131. The van der Waals surface area contributed by atoms with Crippen molar-refractivity contribution in [2.75, 3.05) is 0 Å². The van der Waals surface area contributed by atoms with Crippen LogP contribution in [0.25, 0.3) is 6.08 Å². The molecule has 6 heteroatoms. The molecule has 0 atom stereocenters. The Kier molecular flexibility index (Phi) is 4.92. The highest BCUT2D eigenvalue weighted by Gasteiger charge is 2.03. The second kappa shape index (κ2) is 6.67. The van der Waals surface area contributed by atoms with E-state index >= 15 is 0 Å². The third-order valence-corrected chi connectivity index (χ3v) is 3.92. The van der Waals surface area contributed by atoms with Gasteiger partial charge in [0.25, 0.3) is 0 Å². The van der Waals surface area contributed by atoms with Gasteiger partial charge in [-0.1, -0.05) is 0 Å². The minimum atomic E-state index is -1.08. The number of rotatable bonds is 5. The van der Waals surface area contributed by atoms with E-state index in [1.807, 2.05) is 12.1 Å². The van der Waals surface area contributed by atoms with Crippen molar-refractivity contribution in [1.82, 2.24) is 0 Å². The molecule has 2 aromatic rings. The predicted molar refractivity (Wildman–Crippen MR) is 79.4 cm³/mol. The molecule has 20 heavy (non-hydrogen) atoms. The number of carboxylic acid groups (broad SMARTS) is 1. The number of halogens is 2. The lowest BCUT2D eigenvalue weighted by Gasteiger charge is -2.06. The van der Waals surface area contributed by atoms with E-state index in [-0.39, 0.29) is 0 Å². The number of carbonyl (C=O) groups is 1. The topological polar surface area (TPSA) is 46.5 Å². The van der Waals surface area contributed by atoms with Crippen molar-refractivity contribution in [1.29, 1.82) is 0 Å². The van der Waals surface area contributed by atoms with Crippen molar-refractivity contribution in [2.24, 2.45) is 0 Å². The molecule has 3 nitrogen and oxygen atoms in total. The summed E-state index contributed by atoms with van der Waals surface area (Å²) in [4.78, 5) is 11.4. The van der Waals surface area contributed by atoms with Gasteiger partial charge < -0.3 is 9.84 Å². The number of carboxylic acids is 1. The molecule has 0 bridgehead atoms. The Morgan fingerprint density at radius 1 is 1.40 bits per heavy atom. The first-order valence-electron chi connectivity index (χ1n) is 5.61. The highest BCUT2D eigenvalue weighted by Crippen LogP contribution is 2.24. The molecule has 0 saturated heterocycles. The second-order valence-corrected chi connectivity index (χ2v) is 6.43. The molecule has 1 N–H and O–H groups in total. The molecule has 0 saturated carbocycles. The summed E-state index contributed by atoms with van der Waals surface area (Å²) < 4.78 is 19.9. The number of thiophene rings is 1. The maximum atomic E-state index is 13.4. The fourth-order valence-corrected chi connectivity index (χ4v) is 2.91. The predicted octanol–water partition coefficient (Wildman–Crippen LogP) is 4.33.